The van der Waals surface area contributed by atoms with Crippen molar-refractivity contribution in [2.45, 2.75) is 33.2 Å². The second-order valence-corrected chi connectivity index (χ2v) is 14.1. The number of alkyl halides is 12. The maximum absolute atomic E-state index is 13.8. The third kappa shape index (κ3) is 8.35. The van der Waals surface area contributed by atoms with Crippen molar-refractivity contribution < 1.29 is 65.9 Å². The summed E-state index contributed by atoms with van der Waals surface area (Å²) in [6.07, 6.45) is -10.2. The Bertz CT molecular complexity index is 2140. The van der Waals surface area contributed by atoms with Crippen molar-refractivity contribution in [1.29, 1.82) is 10.5 Å². The number of nitrogens with zero attached hydrogens (tertiary/aromatic N) is 6. The minimum Gasteiger partial charge on any atom is -0.291 e. The van der Waals surface area contributed by atoms with Crippen LogP contribution in [0.15, 0.2) is 34.1 Å². The van der Waals surface area contributed by atoms with Gasteiger partial charge >= 0.3 is 29.4 Å². The molecule has 0 radical (unpaired) electrons. The zero-order valence-electron chi connectivity index (χ0n) is 24.6. The molecule has 4 rings (SSSR count). The van der Waals surface area contributed by atoms with Crippen LogP contribution in [0.5, 0.6) is 0 Å². The summed E-state index contributed by atoms with van der Waals surface area (Å²) in [6, 6.07) is 0.851. The minimum atomic E-state index is -5.77. The van der Waals surface area contributed by atoms with Gasteiger partial charge in [-0.05, 0) is 24.3 Å². The number of aromatic nitrogens is 4. The Morgan fingerprint density at radius 3 is 1.11 bits per heavy atom. The number of carbonyl (C=O) groups is 1. The molecule has 0 aliphatic carbocycles. The van der Waals surface area contributed by atoms with Gasteiger partial charge in [0.2, 0.25) is 0 Å². The zero-order valence-corrected chi connectivity index (χ0v) is 29.2. The largest absolute Gasteiger partial charge is 0.476 e. The number of halogens is 16. The van der Waals surface area contributed by atoms with Crippen molar-refractivity contribution >= 4 is 85.7 Å². The number of nitriles is 2. The van der Waals surface area contributed by atoms with E-state index in [9.17, 15) is 76.4 Å². The van der Waals surface area contributed by atoms with Gasteiger partial charge in [-0.15, -0.1) is 0 Å². The first-order valence-corrected chi connectivity index (χ1v) is 16.7. The van der Waals surface area contributed by atoms with Gasteiger partial charge in [0.15, 0.2) is 44.6 Å². The standard InChI is InChI=1S/C25H6Cl4F12N8O3S2/c26-9-1-7(22(30,31)32)2-10(27)15(9)48-19(17(13(5-42)46-48)53(51)24(36,37)38)44-21(50)45-20-18(54(52)25(39,40)41)14(6-43)47-49(20)16-11(28)3-8(4-12(16)29)23(33,34)35/h1-4H,(H2,44,45,50). The molecule has 2 heterocycles. The lowest BCUT2D eigenvalue weighted by Gasteiger charge is -2.17. The molecule has 0 saturated heterocycles. The Morgan fingerprint density at radius 1 is 0.611 bits per heavy atom. The van der Waals surface area contributed by atoms with Crippen molar-refractivity contribution in [3.05, 3.63) is 66.9 Å². The summed E-state index contributed by atoms with van der Waals surface area (Å²) < 4.78 is 188. The van der Waals surface area contributed by atoms with E-state index >= 15 is 0 Å². The van der Waals surface area contributed by atoms with Crippen LogP contribution < -0.4 is 10.6 Å². The van der Waals surface area contributed by atoms with E-state index in [0.717, 1.165) is 12.1 Å². The Labute approximate surface area is 314 Å². The van der Waals surface area contributed by atoms with Gasteiger partial charge < -0.3 is 0 Å². The molecule has 54 heavy (non-hydrogen) atoms. The molecule has 2 aromatic carbocycles. The molecular formula is C25H6Cl4F12N8O3S2. The van der Waals surface area contributed by atoms with Crippen LogP contribution in [0.3, 0.4) is 0 Å². The molecule has 2 unspecified atom stereocenters. The highest BCUT2D eigenvalue weighted by Gasteiger charge is 2.46. The minimum absolute atomic E-state index is 0.0122. The summed E-state index contributed by atoms with van der Waals surface area (Å²) in [6.45, 7) is 0. The van der Waals surface area contributed by atoms with E-state index in [2.05, 4.69) is 10.2 Å². The SMILES string of the molecule is N#Cc1nn(-c2c(Cl)cc(C(F)(F)F)cc2Cl)c(NC(=O)Nc2c(S(=O)C(F)(F)F)c(C#N)nn2-c2c(Cl)cc(C(F)(F)F)cc2Cl)c1S(=O)C(F)(F)F. The van der Waals surface area contributed by atoms with E-state index in [1.54, 1.807) is 10.6 Å². The average Bonchev–Trinajstić information content (AvgIpc) is 3.55. The van der Waals surface area contributed by atoms with Gasteiger partial charge in [0.05, 0.1) is 31.2 Å². The van der Waals surface area contributed by atoms with Crippen LogP contribution in [-0.2, 0) is 34.0 Å². The van der Waals surface area contributed by atoms with Crippen LogP contribution in [-0.4, -0.2) is 45.0 Å². The third-order valence-electron chi connectivity index (χ3n) is 6.26. The highest BCUT2D eigenvalue weighted by Crippen LogP contribution is 2.43. The van der Waals surface area contributed by atoms with E-state index in [0.29, 0.717) is 0 Å². The molecule has 29 heteroatoms. The fraction of sp³-hybridized carbons (Fsp3) is 0.160. The van der Waals surface area contributed by atoms with Crippen molar-refractivity contribution in [2.75, 3.05) is 10.6 Å². The van der Waals surface area contributed by atoms with Crippen LogP contribution in [0, 0.1) is 22.7 Å². The first-order chi connectivity index (χ1) is 24.6. The molecule has 0 bridgehead atoms. The zero-order chi connectivity index (χ0) is 41.0. The van der Waals surface area contributed by atoms with Crippen molar-refractivity contribution in [3.63, 3.8) is 0 Å². The number of rotatable bonds is 6. The summed E-state index contributed by atoms with van der Waals surface area (Å²) in [4.78, 5) is 10.0. The molecule has 0 saturated carbocycles. The lowest BCUT2D eigenvalue weighted by atomic mass is 10.2. The van der Waals surface area contributed by atoms with Gasteiger partial charge in [0.1, 0.15) is 33.3 Å². The molecule has 2 aromatic heterocycles. The Morgan fingerprint density at radius 2 is 0.889 bits per heavy atom. The smallest absolute Gasteiger partial charge is 0.291 e. The highest BCUT2D eigenvalue weighted by atomic mass is 35.5. The Hall–Kier alpha value is -4.27. The second-order valence-electron chi connectivity index (χ2n) is 9.68. The van der Waals surface area contributed by atoms with Gasteiger partial charge in [-0.25, -0.2) is 22.6 Å². The number of carbonyl (C=O) groups excluding carboxylic acids is 1. The molecule has 11 nitrogen and oxygen atoms in total. The van der Waals surface area contributed by atoms with Crippen molar-refractivity contribution in [2.24, 2.45) is 0 Å². The number of urea groups is 1. The topological polar surface area (TPSA) is 158 Å². The monoisotopic (exact) mass is 898 g/mol. The van der Waals surface area contributed by atoms with E-state index in [4.69, 9.17) is 46.4 Å². The van der Waals surface area contributed by atoms with Crippen LogP contribution in [0.1, 0.15) is 22.5 Å². The average molecular weight is 900 g/mol. The molecule has 0 spiro atoms. The highest BCUT2D eigenvalue weighted by molar-refractivity contribution is 7.86. The molecule has 288 valence electrons. The van der Waals surface area contributed by atoms with E-state index in [1.165, 1.54) is 0 Å². The van der Waals surface area contributed by atoms with Crippen molar-refractivity contribution in [3.8, 4) is 23.5 Å². The van der Waals surface area contributed by atoms with Crippen LogP contribution >= 0.6 is 46.4 Å². The van der Waals surface area contributed by atoms with Gasteiger partial charge in [-0.3, -0.25) is 10.6 Å². The van der Waals surface area contributed by atoms with Gasteiger partial charge in [-0.1, -0.05) is 46.4 Å². The predicted molar refractivity (Wildman–Crippen MR) is 164 cm³/mol. The fourth-order valence-electron chi connectivity index (χ4n) is 4.19. The number of amides is 2. The lowest BCUT2D eigenvalue weighted by molar-refractivity contribution is -0.138. The van der Waals surface area contributed by atoms with E-state index in [-0.39, 0.29) is 33.6 Å². The third-order valence-corrected chi connectivity index (χ3v) is 9.77. The maximum Gasteiger partial charge on any atom is 0.476 e. The molecular weight excluding hydrogens is 894 g/mol. The molecule has 2 atom stereocenters. The van der Waals surface area contributed by atoms with Gasteiger partial charge in [0.25, 0.3) is 0 Å². The molecule has 4 aromatic rings. The number of benzene rings is 2. The Kier molecular flexibility index (Phi) is 11.6. The second kappa shape index (κ2) is 14.8. The number of hydrogen-bond acceptors (Lipinski definition) is 7. The summed E-state index contributed by atoms with van der Waals surface area (Å²) in [7, 11) is -8.68. The summed E-state index contributed by atoms with van der Waals surface area (Å²) in [5.74, 6) is -3.03. The van der Waals surface area contributed by atoms with Gasteiger partial charge in [0, 0.05) is 0 Å². The summed E-state index contributed by atoms with van der Waals surface area (Å²) in [5.41, 5.74) is -19.4. The lowest BCUT2D eigenvalue weighted by Crippen LogP contribution is -2.26. The molecule has 2 N–H and O–H groups in total. The first kappa shape index (κ1) is 42.5. The first-order valence-electron chi connectivity index (χ1n) is 12.9. The maximum atomic E-state index is 13.8. The molecule has 0 aliphatic rings. The summed E-state index contributed by atoms with van der Waals surface area (Å²) in [5, 5.41) is 24.7. The molecule has 0 fully saturated rings. The normalized spacial score (nSPS) is 13.6. The number of anilines is 2. The molecule has 0 aliphatic heterocycles. The van der Waals surface area contributed by atoms with Crippen LogP contribution in [0.4, 0.5) is 69.1 Å². The van der Waals surface area contributed by atoms with Crippen molar-refractivity contribution in [1.82, 2.24) is 19.6 Å². The number of nitrogens with one attached hydrogen (secondary N) is 2. The van der Waals surface area contributed by atoms with Crippen LogP contribution in [0.25, 0.3) is 11.4 Å². The predicted octanol–water partition coefficient (Wildman–Crippen LogP) is 9.35. The van der Waals surface area contributed by atoms with Gasteiger partial charge in [-0.2, -0.15) is 73.4 Å². The Balaban J connectivity index is 2.01. The number of hydrogen-bond donors (Lipinski definition) is 2. The van der Waals surface area contributed by atoms with E-state index < -0.39 is 126 Å². The van der Waals surface area contributed by atoms with E-state index in [1.807, 2.05) is 0 Å². The van der Waals surface area contributed by atoms with Crippen LogP contribution in [0.2, 0.25) is 20.1 Å². The quantitative estimate of drug-likeness (QED) is 0.183. The summed E-state index contributed by atoms with van der Waals surface area (Å²) >= 11 is 23.7. The fourth-order valence-corrected chi connectivity index (χ4v) is 7.10. The molecule has 2 amide bonds.